The van der Waals surface area contributed by atoms with Crippen molar-refractivity contribution in [2.45, 2.75) is 38.9 Å². The van der Waals surface area contributed by atoms with E-state index >= 15 is 0 Å². The maximum atomic E-state index is 12.5. The Morgan fingerprint density at radius 1 is 1.25 bits per heavy atom. The zero-order chi connectivity index (χ0) is 19.9. The Labute approximate surface area is 167 Å². The number of guanidine groups is 1. The fraction of sp³-hybridized carbons (Fsp3) is 0.619. The van der Waals surface area contributed by atoms with Crippen molar-refractivity contribution < 1.29 is 14.3 Å². The summed E-state index contributed by atoms with van der Waals surface area (Å²) in [5.41, 5.74) is 1.22. The number of carbonyl (C=O) groups is 1. The summed E-state index contributed by atoms with van der Waals surface area (Å²) in [6.45, 7) is 8.41. The molecule has 2 aliphatic heterocycles. The van der Waals surface area contributed by atoms with Gasteiger partial charge in [-0.25, -0.2) is 0 Å². The minimum atomic E-state index is -0.233. The van der Waals surface area contributed by atoms with E-state index < -0.39 is 0 Å². The van der Waals surface area contributed by atoms with Crippen molar-refractivity contribution in [2.75, 3.05) is 46.4 Å². The number of ether oxygens (including phenoxy) is 2. The summed E-state index contributed by atoms with van der Waals surface area (Å²) in [6, 6.07) is 8.08. The molecule has 0 bridgehead atoms. The highest BCUT2D eigenvalue weighted by Gasteiger charge is 2.30. The van der Waals surface area contributed by atoms with Crippen LogP contribution in [0.2, 0.25) is 0 Å². The molecule has 2 atom stereocenters. The quantitative estimate of drug-likeness (QED) is 0.614. The van der Waals surface area contributed by atoms with Crippen molar-refractivity contribution in [3.8, 4) is 5.75 Å². The van der Waals surface area contributed by atoms with Crippen LogP contribution in [0, 0.1) is 6.92 Å². The number of aryl methyl sites for hydroxylation is 1. The Balaban J connectivity index is 1.42. The minimum absolute atomic E-state index is 0.0156. The SMILES string of the molecule is CN=C(NCC(C)Oc1ccc(C)cc1)N1CCN(C(=O)C2CCCO2)CC1. The van der Waals surface area contributed by atoms with Gasteiger partial charge in [0.15, 0.2) is 5.96 Å². The molecular weight excluding hydrogens is 356 g/mol. The van der Waals surface area contributed by atoms with Gasteiger partial charge in [-0.2, -0.15) is 0 Å². The summed E-state index contributed by atoms with van der Waals surface area (Å²) < 4.78 is 11.5. The summed E-state index contributed by atoms with van der Waals surface area (Å²) in [7, 11) is 1.79. The third kappa shape index (κ3) is 5.38. The number of amides is 1. The van der Waals surface area contributed by atoms with Crippen LogP contribution in [-0.4, -0.2) is 80.3 Å². The highest BCUT2D eigenvalue weighted by Crippen LogP contribution is 2.16. The van der Waals surface area contributed by atoms with Crippen molar-refractivity contribution in [3.05, 3.63) is 29.8 Å². The first-order chi connectivity index (χ1) is 13.6. The average molecular weight is 389 g/mol. The van der Waals surface area contributed by atoms with Gasteiger partial charge in [0.25, 0.3) is 5.91 Å². The van der Waals surface area contributed by atoms with E-state index in [4.69, 9.17) is 9.47 Å². The van der Waals surface area contributed by atoms with Gasteiger partial charge in [-0.05, 0) is 38.8 Å². The predicted octanol–water partition coefficient (Wildman–Crippen LogP) is 1.66. The number of carbonyl (C=O) groups excluding carboxylic acids is 1. The van der Waals surface area contributed by atoms with E-state index in [1.54, 1.807) is 7.05 Å². The van der Waals surface area contributed by atoms with Gasteiger partial charge in [0.1, 0.15) is 18.0 Å². The number of benzene rings is 1. The second-order valence-corrected chi connectivity index (χ2v) is 7.48. The Bertz CT molecular complexity index is 663. The van der Waals surface area contributed by atoms with E-state index in [0.717, 1.165) is 37.6 Å². The van der Waals surface area contributed by atoms with E-state index in [2.05, 4.69) is 22.1 Å². The van der Waals surface area contributed by atoms with E-state index in [1.165, 1.54) is 5.56 Å². The van der Waals surface area contributed by atoms with Crippen molar-refractivity contribution in [3.63, 3.8) is 0 Å². The molecule has 7 heteroatoms. The molecule has 28 heavy (non-hydrogen) atoms. The first kappa shape index (κ1) is 20.5. The normalized spacial score (nSPS) is 21.5. The molecule has 154 valence electrons. The summed E-state index contributed by atoms with van der Waals surface area (Å²) in [5, 5.41) is 3.39. The number of piperazine rings is 1. The third-order valence-electron chi connectivity index (χ3n) is 5.21. The number of nitrogens with one attached hydrogen (secondary N) is 1. The van der Waals surface area contributed by atoms with Gasteiger partial charge in [0.2, 0.25) is 0 Å². The predicted molar refractivity (Wildman–Crippen MR) is 110 cm³/mol. The second-order valence-electron chi connectivity index (χ2n) is 7.48. The first-order valence-electron chi connectivity index (χ1n) is 10.2. The Morgan fingerprint density at radius 2 is 1.93 bits per heavy atom. The fourth-order valence-electron chi connectivity index (χ4n) is 3.57. The van der Waals surface area contributed by atoms with E-state index in [1.807, 2.05) is 36.1 Å². The number of rotatable bonds is 5. The summed E-state index contributed by atoms with van der Waals surface area (Å²) in [5.74, 6) is 1.86. The fourth-order valence-corrected chi connectivity index (χ4v) is 3.57. The van der Waals surface area contributed by atoms with Crippen molar-refractivity contribution >= 4 is 11.9 Å². The lowest BCUT2D eigenvalue weighted by Gasteiger charge is -2.37. The average Bonchev–Trinajstić information content (AvgIpc) is 3.25. The molecule has 0 radical (unpaired) electrons. The highest BCUT2D eigenvalue weighted by molar-refractivity contribution is 5.82. The van der Waals surface area contributed by atoms with Crippen LogP contribution in [0.4, 0.5) is 0 Å². The van der Waals surface area contributed by atoms with Gasteiger partial charge in [-0.3, -0.25) is 9.79 Å². The van der Waals surface area contributed by atoms with Crippen molar-refractivity contribution in [2.24, 2.45) is 4.99 Å². The van der Waals surface area contributed by atoms with Crippen LogP contribution in [0.5, 0.6) is 5.75 Å². The molecule has 1 aromatic carbocycles. The van der Waals surface area contributed by atoms with Crippen LogP contribution in [0.25, 0.3) is 0 Å². The molecule has 1 aromatic rings. The van der Waals surface area contributed by atoms with Crippen molar-refractivity contribution in [1.82, 2.24) is 15.1 Å². The molecule has 1 N–H and O–H groups in total. The molecule has 2 unspecified atom stereocenters. The van der Waals surface area contributed by atoms with Crippen LogP contribution >= 0.6 is 0 Å². The smallest absolute Gasteiger partial charge is 0.251 e. The molecule has 0 aliphatic carbocycles. The van der Waals surface area contributed by atoms with Gasteiger partial charge in [0, 0.05) is 39.8 Å². The molecule has 0 saturated carbocycles. The van der Waals surface area contributed by atoms with Gasteiger partial charge >= 0.3 is 0 Å². The molecule has 0 spiro atoms. The second kappa shape index (κ2) is 9.78. The molecule has 0 aromatic heterocycles. The molecular formula is C21H32N4O3. The lowest BCUT2D eigenvalue weighted by atomic mass is 10.2. The Morgan fingerprint density at radius 3 is 2.54 bits per heavy atom. The van der Waals surface area contributed by atoms with Crippen LogP contribution in [0.15, 0.2) is 29.3 Å². The summed E-state index contributed by atoms with van der Waals surface area (Å²) in [4.78, 5) is 21.0. The molecule has 3 rings (SSSR count). The maximum absolute atomic E-state index is 12.5. The lowest BCUT2D eigenvalue weighted by Crippen LogP contribution is -2.55. The van der Waals surface area contributed by atoms with Crippen molar-refractivity contribution in [1.29, 1.82) is 0 Å². The molecule has 2 saturated heterocycles. The van der Waals surface area contributed by atoms with Gasteiger partial charge in [0.05, 0.1) is 6.54 Å². The molecule has 2 fully saturated rings. The van der Waals surface area contributed by atoms with Gasteiger partial charge in [-0.15, -0.1) is 0 Å². The topological polar surface area (TPSA) is 66.4 Å². The maximum Gasteiger partial charge on any atom is 0.251 e. The zero-order valence-corrected chi connectivity index (χ0v) is 17.2. The van der Waals surface area contributed by atoms with E-state index in [9.17, 15) is 4.79 Å². The minimum Gasteiger partial charge on any atom is -0.489 e. The summed E-state index contributed by atoms with van der Waals surface area (Å²) >= 11 is 0. The number of hydrogen-bond acceptors (Lipinski definition) is 4. The number of aliphatic imine (C=N–C) groups is 1. The number of nitrogens with zero attached hydrogens (tertiary/aromatic N) is 3. The highest BCUT2D eigenvalue weighted by atomic mass is 16.5. The van der Waals surface area contributed by atoms with Crippen LogP contribution in [0.3, 0.4) is 0 Å². The Kier molecular flexibility index (Phi) is 7.14. The van der Waals surface area contributed by atoms with Gasteiger partial charge < -0.3 is 24.6 Å². The Hall–Kier alpha value is -2.28. The number of hydrogen-bond donors (Lipinski definition) is 1. The lowest BCUT2D eigenvalue weighted by molar-refractivity contribution is -0.142. The third-order valence-corrected chi connectivity index (χ3v) is 5.21. The molecule has 1 amide bonds. The standard InChI is InChI=1S/C21H32N4O3/c1-16-6-8-18(9-7-16)28-17(2)15-23-21(22-3)25-12-10-24(11-13-25)20(26)19-5-4-14-27-19/h6-9,17,19H,4-5,10-15H2,1-3H3,(H,22,23). The summed E-state index contributed by atoms with van der Waals surface area (Å²) in [6.07, 6.45) is 1.61. The monoisotopic (exact) mass is 388 g/mol. The molecule has 2 aliphatic rings. The van der Waals surface area contributed by atoms with Gasteiger partial charge in [-0.1, -0.05) is 17.7 Å². The largest absolute Gasteiger partial charge is 0.489 e. The first-order valence-corrected chi connectivity index (χ1v) is 10.2. The van der Waals surface area contributed by atoms with E-state index in [0.29, 0.717) is 26.2 Å². The molecule has 7 nitrogen and oxygen atoms in total. The van der Waals surface area contributed by atoms with Crippen LogP contribution in [0.1, 0.15) is 25.3 Å². The van der Waals surface area contributed by atoms with Crippen LogP contribution in [-0.2, 0) is 9.53 Å². The van der Waals surface area contributed by atoms with E-state index in [-0.39, 0.29) is 18.1 Å². The van der Waals surface area contributed by atoms with Crippen LogP contribution < -0.4 is 10.1 Å². The molecule has 2 heterocycles. The zero-order valence-electron chi connectivity index (χ0n) is 17.2.